The Kier molecular flexibility index (Phi) is 7.41. The average molecular weight is 565 g/mol. The van der Waals surface area contributed by atoms with Crippen molar-refractivity contribution in [2.24, 2.45) is 0 Å². The third-order valence-electron chi connectivity index (χ3n) is 7.44. The number of hydrogen-bond donors (Lipinski definition) is 0. The lowest BCUT2D eigenvalue weighted by molar-refractivity contribution is 0.140. The molecule has 204 valence electrons. The largest absolute Gasteiger partial charge is 0.291 e. The van der Waals surface area contributed by atoms with E-state index >= 15 is 0 Å². The highest BCUT2D eigenvalue weighted by Crippen LogP contribution is 2.28. The van der Waals surface area contributed by atoms with Crippen LogP contribution >= 0.6 is 11.6 Å². The van der Waals surface area contributed by atoms with Crippen LogP contribution < -0.4 is 5.56 Å². The first kappa shape index (κ1) is 27.5. The summed E-state index contributed by atoms with van der Waals surface area (Å²) in [7, 11) is -3.61. The van der Waals surface area contributed by atoms with Crippen LogP contribution in [0.1, 0.15) is 45.1 Å². The van der Waals surface area contributed by atoms with Crippen LogP contribution in [-0.2, 0) is 15.4 Å². The Morgan fingerprint density at radius 1 is 0.872 bits per heavy atom. The van der Waals surface area contributed by atoms with Crippen molar-refractivity contribution < 1.29 is 8.42 Å². The maximum Gasteiger partial charge on any atom is 0.266 e. The molecule has 2 heterocycles. The van der Waals surface area contributed by atoms with Crippen molar-refractivity contribution in [3.05, 3.63) is 99.6 Å². The van der Waals surface area contributed by atoms with E-state index in [1.807, 2.05) is 49.4 Å². The van der Waals surface area contributed by atoms with Crippen LogP contribution in [0.25, 0.3) is 16.6 Å². The number of nitrogens with zero attached hydrogens (tertiary/aromatic N) is 4. The van der Waals surface area contributed by atoms with Crippen LogP contribution in [0.3, 0.4) is 0 Å². The van der Waals surface area contributed by atoms with Crippen LogP contribution in [0.4, 0.5) is 0 Å². The number of hydrogen-bond acceptors (Lipinski definition) is 5. The highest BCUT2D eigenvalue weighted by molar-refractivity contribution is 7.89. The molecule has 1 atom stereocenters. The van der Waals surface area contributed by atoms with Gasteiger partial charge in [0.15, 0.2) is 0 Å². The van der Waals surface area contributed by atoms with Gasteiger partial charge in [0.05, 0.1) is 27.5 Å². The second-order valence-corrected chi connectivity index (χ2v) is 13.4. The first-order valence-corrected chi connectivity index (χ1v) is 14.9. The van der Waals surface area contributed by atoms with Gasteiger partial charge in [-0.3, -0.25) is 14.3 Å². The molecule has 7 nitrogen and oxygen atoms in total. The second kappa shape index (κ2) is 10.5. The van der Waals surface area contributed by atoms with Gasteiger partial charge in [0, 0.05) is 31.2 Å². The molecule has 1 aliphatic heterocycles. The van der Waals surface area contributed by atoms with E-state index in [9.17, 15) is 13.2 Å². The number of para-hydroxylation sites is 1. The average Bonchev–Trinajstić information content (AvgIpc) is 2.93. The van der Waals surface area contributed by atoms with Gasteiger partial charge in [-0.05, 0) is 66.4 Å². The topological polar surface area (TPSA) is 75.5 Å². The number of sulfonamides is 1. The molecule has 1 aromatic heterocycles. The monoisotopic (exact) mass is 564 g/mol. The molecule has 1 fully saturated rings. The number of aromatic nitrogens is 2. The highest BCUT2D eigenvalue weighted by atomic mass is 35.5. The van der Waals surface area contributed by atoms with Crippen molar-refractivity contribution in [2.45, 2.75) is 44.0 Å². The van der Waals surface area contributed by atoms with E-state index < -0.39 is 10.0 Å². The second-order valence-electron chi connectivity index (χ2n) is 11.0. The lowest BCUT2D eigenvalue weighted by Gasteiger charge is -2.37. The van der Waals surface area contributed by atoms with Crippen LogP contribution in [0.2, 0.25) is 5.02 Å². The Bertz CT molecular complexity index is 1650. The fourth-order valence-corrected chi connectivity index (χ4v) is 6.59. The fraction of sp³-hybridized carbons (Fsp3) is 0.333. The Morgan fingerprint density at radius 3 is 2.10 bits per heavy atom. The molecule has 1 saturated heterocycles. The summed E-state index contributed by atoms with van der Waals surface area (Å²) < 4.78 is 30.0. The number of fused-ring (bicyclic) bond motifs is 1. The zero-order valence-corrected chi connectivity index (χ0v) is 24.2. The molecule has 0 spiro atoms. The van der Waals surface area contributed by atoms with Gasteiger partial charge in [0.25, 0.3) is 5.56 Å². The summed E-state index contributed by atoms with van der Waals surface area (Å²) in [6.07, 6.45) is 0. The summed E-state index contributed by atoms with van der Waals surface area (Å²) in [5.74, 6) is 0.607. The highest BCUT2D eigenvalue weighted by Gasteiger charge is 2.32. The Morgan fingerprint density at radius 2 is 1.49 bits per heavy atom. The molecule has 0 radical (unpaired) electrons. The van der Waals surface area contributed by atoms with Gasteiger partial charge < -0.3 is 0 Å². The van der Waals surface area contributed by atoms with Gasteiger partial charge in [-0.25, -0.2) is 13.4 Å². The van der Waals surface area contributed by atoms with E-state index in [0.29, 0.717) is 58.5 Å². The molecule has 1 aliphatic rings. The van der Waals surface area contributed by atoms with E-state index in [1.54, 1.807) is 39.2 Å². The number of rotatable bonds is 5. The van der Waals surface area contributed by atoms with Gasteiger partial charge in [0.2, 0.25) is 10.0 Å². The van der Waals surface area contributed by atoms with Gasteiger partial charge in [0.1, 0.15) is 5.82 Å². The summed E-state index contributed by atoms with van der Waals surface area (Å²) in [6.45, 7) is 10.1. The zero-order chi connectivity index (χ0) is 27.9. The molecule has 39 heavy (non-hydrogen) atoms. The molecule has 1 unspecified atom stereocenters. The lowest BCUT2D eigenvalue weighted by atomic mass is 9.87. The zero-order valence-electron chi connectivity index (χ0n) is 22.6. The SMILES string of the molecule is CC(c1nc2ccccc2c(=O)n1-c1ccc(Cl)cc1)N1CCN(S(=O)(=O)c2ccc(C(C)(C)C)cc2)CC1. The standard InChI is InChI=1S/C30H33ClN4O3S/c1-21(28-32-27-8-6-5-7-26(27)29(36)35(28)24-13-11-23(31)12-14-24)33-17-19-34(20-18-33)39(37,38)25-15-9-22(10-16-25)30(2,3)4/h5-16,21H,17-20H2,1-4H3. The summed E-state index contributed by atoms with van der Waals surface area (Å²) in [5, 5.41) is 1.12. The molecule has 0 amide bonds. The Labute approximate surface area is 234 Å². The van der Waals surface area contributed by atoms with Gasteiger partial charge >= 0.3 is 0 Å². The van der Waals surface area contributed by atoms with Crippen molar-refractivity contribution in [3.63, 3.8) is 0 Å². The molecular weight excluding hydrogens is 532 g/mol. The molecule has 0 aliphatic carbocycles. The van der Waals surface area contributed by atoms with E-state index in [1.165, 1.54) is 0 Å². The van der Waals surface area contributed by atoms with Crippen LogP contribution in [0.5, 0.6) is 0 Å². The molecule has 0 saturated carbocycles. The minimum atomic E-state index is -3.61. The number of benzene rings is 3. The minimum absolute atomic E-state index is 0.0479. The normalized spacial score (nSPS) is 16.4. The van der Waals surface area contributed by atoms with Gasteiger partial charge in [-0.1, -0.05) is 56.6 Å². The predicted octanol–water partition coefficient (Wildman–Crippen LogP) is 5.40. The molecular formula is C30H33ClN4O3S. The summed E-state index contributed by atoms with van der Waals surface area (Å²) in [5.41, 5.74) is 2.21. The Hall–Kier alpha value is -3.04. The molecule has 9 heteroatoms. The third kappa shape index (κ3) is 5.39. The van der Waals surface area contributed by atoms with Gasteiger partial charge in [-0.2, -0.15) is 4.31 Å². The van der Waals surface area contributed by atoms with Crippen molar-refractivity contribution in [1.29, 1.82) is 0 Å². The Balaban J connectivity index is 1.41. The molecule has 3 aromatic carbocycles. The number of halogens is 1. The van der Waals surface area contributed by atoms with Crippen LogP contribution in [-0.4, -0.2) is 53.4 Å². The van der Waals surface area contributed by atoms with Crippen LogP contribution in [0, 0.1) is 0 Å². The van der Waals surface area contributed by atoms with E-state index in [4.69, 9.17) is 16.6 Å². The van der Waals surface area contributed by atoms with Gasteiger partial charge in [-0.15, -0.1) is 0 Å². The van der Waals surface area contributed by atoms with Crippen molar-refractivity contribution in [2.75, 3.05) is 26.2 Å². The maximum absolute atomic E-state index is 13.6. The van der Waals surface area contributed by atoms with Crippen molar-refractivity contribution >= 4 is 32.5 Å². The summed E-state index contributed by atoms with van der Waals surface area (Å²) in [6, 6.07) is 21.4. The molecule has 0 N–H and O–H groups in total. The summed E-state index contributed by atoms with van der Waals surface area (Å²) >= 11 is 6.12. The molecule has 0 bridgehead atoms. The van der Waals surface area contributed by atoms with E-state index in [-0.39, 0.29) is 17.0 Å². The lowest BCUT2D eigenvalue weighted by Crippen LogP contribution is -2.49. The third-order valence-corrected chi connectivity index (χ3v) is 9.60. The molecule has 5 rings (SSSR count). The summed E-state index contributed by atoms with van der Waals surface area (Å²) in [4.78, 5) is 21.0. The quantitative estimate of drug-likeness (QED) is 0.324. The fourth-order valence-electron chi connectivity index (χ4n) is 5.04. The van der Waals surface area contributed by atoms with Crippen molar-refractivity contribution in [1.82, 2.24) is 18.8 Å². The minimum Gasteiger partial charge on any atom is -0.291 e. The maximum atomic E-state index is 13.6. The molecule has 4 aromatic rings. The predicted molar refractivity (Wildman–Crippen MR) is 156 cm³/mol. The van der Waals surface area contributed by atoms with Crippen LogP contribution in [0.15, 0.2) is 82.5 Å². The van der Waals surface area contributed by atoms with E-state index in [2.05, 4.69) is 25.7 Å². The first-order chi connectivity index (χ1) is 18.5. The van der Waals surface area contributed by atoms with E-state index in [0.717, 1.165) is 5.56 Å². The van der Waals surface area contributed by atoms with Crippen molar-refractivity contribution in [3.8, 4) is 5.69 Å². The number of piperazine rings is 1. The smallest absolute Gasteiger partial charge is 0.266 e. The first-order valence-electron chi connectivity index (χ1n) is 13.1.